The molecule has 0 aliphatic carbocycles. The van der Waals surface area contributed by atoms with Crippen molar-refractivity contribution in [3.63, 3.8) is 0 Å². The third kappa shape index (κ3) is 6.27. The molecule has 0 fully saturated rings. The number of anilines is 1. The normalized spacial score (nSPS) is 11.1. The fraction of sp³-hybridized carbons (Fsp3) is 0.333. The molecule has 26 heavy (non-hydrogen) atoms. The minimum Gasteiger partial charge on any atom is -0.497 e. The summed E-state index contributed by atoms with van der Waals surface area (Å²) in [4.78, 5) is 15.6. The molecule has 140 valence electrons. The van der Waals surface area contributed by atoms with Gasteiger partial charge in [0.25, 0.3) is 0 Å². The Bertz CT molecular complexity index is 701. The first-order valence-corrected chi connectivity index (χ1v) is 8.05. The van der Waals surface area contributed by atoms with E-state index in [1.807, 2.05) is 12.1 Å². The molecule has 0 bridgehead atoms. The number of hydrogen-bond acceptors (Lipinski definition) is 4. The second-order valence-electron chi connectivity index (χ2n) is 5.59. The van der Waals surface area contributed by atoms with Crippen molar-refractivity contribution in [3.05, 3.63) is 53.7 Å². The molecule has 0 aliphatic rings. The van der Waals surface area contributed by atoms with Gasteiger partial charge in [-0.05, 0) is 36.2 Å². The van der Waals surface area contributed by atoms with Crippen LogP contribution in [0.2, 0.25) is 0 Å². The van der Waals surface area contributed by atoms with Crippen LogP contribution in [-0.4, -0.2) is 31.1 Å². The minimum absolute atomic E-state index is 0.0946. The number of carbonyl (C=O) groups is 1. The number of rotatable bonds is 8. The van der Waals surface area contributed by atoms with Crippen LogP contribution in [0.1, 0.15) is 17.5 Å². The Morgan fingerprint density at radius 2 is 1.85 bits per heavy atom. The van der Waals surface area contributed by atoms with Gasteiger partial charge in [0.05, 0.1) is 19.1 Å². The predicted octanol–water partition coefficient (Wildman–Crippen LogP) is 3.27. The lowest BCUT2D eigenvalue weighted by Gasteiger charge is -2.09. The molecule has 1 aromatic carbocycles. The molecular formula is C18H20F3N3O2. The number of carbonyl (C=O) groups excluding carboxylic acids is 1. The van der Waals surface area contributed by atoms with Gasteiger partial charge in [0.2, 0.25) is 5.91 Å². The summed E-state index contributed by atoms with van der Waals surface area (Å²) in [6.07, 6.45) is -2.70. The van der Waals surface area contributed by atoms with Crippen LogP contribution < -0.4 is 15.4 Å². The molecule has 0 radical (unpaired) electrons. The quantitative estimate of drug-likeness (QED) is 0.703. The SMILES string of the molecule is COc1ccc(CC(=O)NCCCNc2ccc(C(F)(F)F)cn2)cc1. The molecule has 1 heterocycles. The maximum atomic E-state index is 12.4. The lowest BCUT2D eigenvalue weighted by Crippen LogP contribution is -2.27. The lowest BCUT2D eigenvalue weighted by molar-refractivity contribution is -0.137. The Labute approximate surface area is 149 Å². The fourth-order valence-electron chi connectivity index (χ4n) is 2.19. The van der Waals surface area contributed by atoms with E-state index < -0.39 is 11.7 Å². The zero-order chi connectivity index (χ0) is 19.0. The van der Waals surface area contributed by atoms with Gasteiger partial charge in [-0.25, -0.2) is 4.98 Å². The summed E-state index contributed by atoms with van der Waals surface area (Å²) in [5.74, 6) is 1.00. The van der Waals surface area contributed by atoms with Crippen molar-refractivity contribution in [2.24, 2.45) is 0 Å². The van der Waals surface area contributed by atoms with E-state index in [0.717, 1.165) is 23.6 Å². The van der Waals surface area contributed by atoms with Gasteiger partial charge in [0, 0.05) is 19.3 Å². The first kappa shape index (κ1) is 19.6. The summed E-state index contributed by atoms with van der Waals surface area (Å²) in [5, 5.41) is 5.71. The number of methoxy groups -OCH3 is 1. The van der Waals surface area contributed by atoms with Crippen LogP contribution >= 0.6 is 0 Å². The monoisotopic (exact) mass is 367 g/mol. The average molecular weight is 367 g/mol. The number of halogens is 3. The zero-order valence-electron chi connectivity index (χ0n) is 14.3. The van der Waals surface area contributed by atoms with Crippen LogP contribution in [0.15, 0.2) is 42.6 Å². The highest BCUT2D eigenvalue weighted by atomic mass is 19.4. The highest BCUT2D eigenvalue weighted by molar-refractivity contribution is 5.78. The maximum Gasteiger partial charge on any atom is 0.417 e. The van der Waals surface area contributed by atoms with Gasteiger partial charge >= 0.3 is 6.18 Å². The van der Waals surface area contributed by atoms with Crippen molar-refractivity contribution >= 4 is 11.7 Å². The maximum absolute atomic E-state index is 12.4. The number of nitrogens with zero attached hydrogens (tertiary/aromatic N) is 1. The highest BCUT2D eigenvalue weighted by Crippen LogP contribution is 2.28. The smallest absolute Gasteiger partial charge is 0.417 e. The molecule has 0 unspecified atom stereocenters. The van der Waals surface area contributed by atoms with E-state index in [2.05, 4.69) is 15.6 Å². The van der Waals surface area contributed by atoms with Crippen LogP contribution in [0, 0.1) is 0 Å². The predicted molar refractivity (Wildman–Crippen MR) is 92.1 cm³/mol. The van der Waals surface area contributed by atoms with E-state index in [4.69, 9.17) is 4.74 Å². The fourth-order valence-corrected chi connectivity index (χ4v) is 2.19. The highest BCUT2D eigenvalue weighted by Gasteiger charge is 2.30. The number of nitrogens with one attached hydrogen (secondary N) is 2. The molecule has 1 aromatic heterocycles. The minimum atomic E-state index is -4.39. The molecule has 0 saturated carbocycles. The molecule has 5 nitrogen and oxygen atoms in total. The third-order valence-electron chi connectivity index (χ3n) is 3.60. The summed E-state index contributed by atoms with van der Waals surface area (Å²) in [6, 6.07) is 9.51. The molecule has 0 spiro atoms. The van der Waals surface area contributed by atoms with E-state index >= 15 is 0 Å². The van der Waals surface area contributed by atoms with Gasteiger partial charge in [-0.3, -0.25) is 4.79 Å². The largest absolute Gasteiger partial charge is 0.497 e. The van der Waals surface area contributed by atoms with Crippen molar-refractivity contribution < 1.29 is 22.7 Å². The van der Waals surface area contributed by atoms with Crippen LogP contribution in [0.25, 0.3) is 0 Å². The Kier molecular flexibility index (Phi) is 6.82. The molecule has 2 rings (SSSR count). The molecule has 0 aliphatic heterocycles. The molecule has 1 amide bonds. The number of amides is 1. The second-order valence-corrected chi connectivity index (χ2v) is 5.59. The van der Waals surface area contributed by atoms with Gasteiger partial charge < -0.3 is 15.4 Å². The van der Waals surface area contributed by atoms with Crippen LogP contribution in [0.4, 0.5) is 19.0 Å². The molecule has 2 N–H and O–H groups in total. The number of hydrogen-bond donors (Lipinski definition) is 2. The molecule has 0 saturated heterocycles. The average Bonchev–Trinajstić information content (AvgIpc) is 2.62. The van der Waals surface area contributed by atoms with Gasteiger partial charge in [0.15, 0.2) is 0 Å². The summed E-state index contributed by atoms with van der Waals surface area (Å²) in [7, 11) is 1.58. The molecule has 8 heteroatoms. The van der Waals surface area contributed by atoms with E-state index in [9.17, 15) is 18.0 Å². The lowest BCUT2D eigenvalue weighted by atomic mass is 10.1. The molecular weight excluding hydrogens is 347 g/mol. The first-order valence-electron chi connectivity index (χ1n) is 8.05. The topological polar surface area (TPSA) is 63.2 Å². The Morgan fingerprint density at radius 3 is 2.42 bits per heavy atom. The van der Waals surface area contributed by atoms with Crippen molar-refractivity contribution in [1.82, 2.24) is 10.3 Å². The molecule has 0 atom stereocenters. The van der Waals surface area contributed by atoms with Gasteiger partial charge in [-0.15, -0.1) is 0 Å². The van der Waals surface area contributed by atoms with E-state index in [1.165, 1.54) is 6.07 Å². The summed E-state index contributed by atoms with van der Waals surface area (Å²) >= 11 is 0. The van der Waals surface area contributed by atoms with Crippen LogP contribution in [-0.2, 0) is 17.4 Å². The van der Waals surface area contributed by atoms with Gasteiger partial charge in [-0.1, -0.05) is 12.1 Å². The Hall–Kier alpha value is -2.77. The van der Waals surface area contributed by atoms with Gasteiger partial charge in [-0.2, -0.15) is 13.2 Å². The number of ether oxygens (including phenoxy) is 1. The van der Waals surface area contributed by atoms with Crippen LogP contribution in [0.5, 0.6) is 5.75 Å². The standard InChI is InChI=1S/C18H20F3N3O2/c1-26-15-6-3-13(4-7-15)11-17(25)23-10-2-9-22-16-8-5-14(12-24-16)18(19,20)21/h3-8,12H,2,9-11H2,1H3,(H,22,24)(H,23,25). The van der Waals surface area contributed by atoms with Crippen molar-refractivity contribution in [2.75, 3.05) is 25.5 Å². The number of aromatic nitrogens is 1. The number of pyridine rings is 1. The van der Waals surface area contributed by atoms with Crippen LogP contribution in [0.3, 0.4) is 0 Å². The van der Waals surface area contributed by atoms with Gasteiger partial charge in [0.1, 0.15) is 11.6 Å². The third-order valence-corrected chi connectivity index (χ3v) is 3.60. The summed E-state index contributed by atoms with van der Waals surface area (Å²) in [5.41, 5.74) is 0.101. The van der Waals surface area contributed by atoms with E-state index in [0.29, 0.717) is 25.3 Å². The zero-order valence-corrected chi connectivity index (χ0v) is 14.3. The molecule has 2 aromatic rings. The van der Waals surface area contributed by atoms with Crippen molar-refractivity contribution in [3.8, 4) is 5.75 Å². The van der Waals surface area contributed by atoms with Crippen molar-refractivity contribution in [2.45, 2.75) is 19.0 Å². The number of alkyl halides is 3. The number of benzene rings is 1. The summed E-state index contributed by atoms with van der Waals surface area (Å²) in [6.45, 7) is 0.948. The first-order chi connectivity index (χ1) is 12.4. The second kappa shape index (κ2) is 9.07. The summed E-state index contributed by atoms with van der Waals surface area (Å²) < 4.78 is 42.4. The van der Waals surface area contributed by atoms with E-state index in [1.54, 1.807) is 19.2 Å². The Morgan fingerprint density at radius 1 is 1.12 bits per heavy atom. The van der Waals surface area contributed by atoms with Crippen molar-refractivity contribution in [1.29, 1.82) is 0 Å². The Balaban J connectivity index is 1.64. The van der Waals surface area contributed by atoms with E-state index in [-0.39, 0.29) is 12.3 Å².